The predicted octanol–water partition coefficient (Wildman–Crippen LogP) is 4.83. The summed E-state index contributed by atoms with van der Waals surface area (Å²) in [5, 5.41) is 17.4. The molecule has 3 N–H and O–H groups in total. The van der Waals surface area contributed by atoms with Crippen molar-refractivity contribution in [3.63, 3.8) is 0 Å². The Morgan fingerprint density at radius 2 is 1.64 bits per heavy atom. The normalized spacial score (nSPS) is 23.0. The number of benzene rings is 3. The number of rotatable bonds is 6. The molecule has 170 valence electrons. The summed E-state index contributed by atoms with van der Waals surface area (Å²) < 4.78 is 0. The second-order valence-corrected chi connectivity index (χ2v) is 9.50. The second kappa shape index (κ2) is 9.90. The summed E-state index contributed by atoms with van der Waals surface area (Å²) in [7, 11) is 0. The van der Waals surface area contributed by atoms with Crippen LogP contribution in [0.3, 0.4) is 0 Å². The quantitative estimate of drug-likeness (QED) is 0.515. The number of hydrogen-bond donors (Lipinski definition) is 3. The van der Waals surface area contributed by atoms with Crippen molar-refractivity contribution >= 4 is 11.6 Å². The first kappa shape index (κ1) is 21.9. The van der Waals surface area contributed by atoms with Gasteiger partial charge in [0.1, 0.15) is 0 Å². The third-order valence-corrected chi connectivity index (χ3v) is 7.22. The molecule has 33 heavy (non-hydrogen) atoms. The van der Waals surface area contributed by atoms with E-state index in [1.165, 1.54) is 16.7 Å². The van der Waals surface area contributed by atoms with E-state index in [0.717, 1.165) is 49.8 Å². The number of carbonyl (C=O) groups is 1. The Bertz CT molecular complexity index is 1080. The Labute approximate surface area is 196 Å². The summed E-state index contributed by atoms with van der Waals surface area (Å²) in [4.78, 5) is 12.8. The Hall–Kier alpha value is -2.95. The van der Waals surface area contributed by atoms with Crippen LogP contribution in [0.1, 0.15) is 47.6 Å². The summed E-state index contributed by atoms with van der Waals surface area (Å²) >= 11 is 0. The van der Waals surface area contributed by atoms with Gasteiger partial charge in [-0.1, -0.05) is 66.7 Å². The highest BCUT2D eigenvalue weighted by Crippen LogP contribution is 2.28. The lowest BCUT2D eigenvalue weighted by molar-refractivity contribution is -0.120. The molecular weight excluding hydrogens is 408 g/mol. The minimum absolute atomic E-state index is 0.0373. The molecule has 1 saturated heterocycles. The molecule has 4 atom stereocenters. The van der Waals surface area contributed by atoms with Crippen molar-refractivity contribution in [3.8, 4) is 0 Å². The van der Waals surface area contributed by atoms with Gasteiger partial charge >= 0.3 is 0 Å². The third-order valence-electron chi connectivity index (χ3n) is 7.22. The molecule has 1 fully saturated rings. The number of hydrogen-bond acceptors (Lipinski definition) is 3. The lowest BCUT2D eigenvalue weighted by Crippen LogP contribution is -2.35. The van der Waals surface area contributed by atoms with Crippen LogP contribution in [0.5, 0.6) is 0 Å². The van der Waals surface area contributed by atoms with Gasteiger partial charge in [-0.25, -0.2) is 0 Å². The molecule has 0 saturated carbocycles. The molecule has 0 aromatic heterocycles. The maximum Gasteiger partial charge on any atom is 0.227 e. The molecule has 5 rings (SSSR count). The molecule has 2 aliphatic rings. The van der Waals surface area contributed by atoms with Crippen molar-refractivity contribution in [2.24, 2.45) is 5.92 Å². The Morgan fingerprint density at radius 3 is 2.42 bits per heavy atom. The van der Waals surface area contributed by atoms with E-state index in [4.69, 9.17) is 0 Å². The van der Waals surface area contributed by atoms with Crippen LogP contribution in [0, 0.1) is 5.92 Å². The maximum absolute atomic E-state index is 12.8. The highest BCUT2D eigenvalue weighted by atomic mass is 16.3. The van der Waals surface area contributed by atoms with Gasteiger partial charge in [0.2, 0.25) is 5.91 Å². The topological polar surface area (TPSA) is 61.4 Å². The summed E-state index contributed by atoms with van der Waals surface area (Å²) in [5.74, 6) is 0.155. The smallest absolute Gasteiger partial charge is 0.227 e. The zero-order valence-electron chi connectivity index (χ0n) is 18.9. The van der Waals surface area contributed by atoms with Crippen molar-refractivity contribution in [2.75, 3.05) is 5.32 Å². The van der Waals surface area contributed by atoms with Gasteiger partial charge in [0.05, 0.1) is 6.10 Å². The average Bonchev–Trinajstić information content (AvgIpc) is 3.33. The van der Waals surface area contributed by atoms with Gasteiger partial charge in [-0.15, -0.1) is 0 Å². The predicted molar refractivity (Wildman–Crippen MR) is 132 cm³/mol. The second-order valence-electron chi connectivity index (χ2n) is 9.50. The fourth-order valence-electron chi connectivity index (χ4n) is 5.32. The van der Waals surface area contributed by atoms with Gasteiger partial charge in [-0.2, -0.15) is 0 Å². The van der Waals surface area contributed by atoms with Gasteiger partial charge in [-0.3, -0.25) is 4.79 Å². The van der Waals surface area contributed by atoms with Crippen LogP contribution in [0.25, 0.3) is 0 Å². The molecule has 1 aliphatic carbocycles. The molecule has 0 radical (unpaired) electrons. The maximum atomic E-state index is 12.8. The number of carbonyl (C=O) groups excluding carboxylic acids is 1. The number of aliphatic hydroxyl groups excluding tert-OH is 1. The summed E-state index contributed by atoms with van der Waals surface area (Å²) in [6.45, 7) is 0. The van der Waals surface area contributed by atoms with Crippen LogP contribution in [0.2, 0.25) is 0 Å². The van der Waals surface area contributed by atoms with E-state index in [2.05, 4.69) is 47.0 Å². The van der Waals surface area contributed by atoms with Crippen molar-refractivity contribution in [2.45, 2.75) is 56.7 Å². The van der Waals surface area contributed by atoms with Crippen LogP contribution >= 0.6 is 0 Å². The highest BCUT2D eigenvalue weighted by Gasteiger charge is 2.30. The fraction of sp³-hybridized carbons (Fsp3) is 0.345. The Morgan fingerprint density at radius 1 is 0.909 bits per heavy atom. The lowest BCUT2D eigenvalue weighted by Gasteiger charge is -2.24. The largest absolute Gasteiger partial charge is 0.387 e. The molecule has 1 amide bonds. The molecule has 1 heterocycles. The highest BCUT2D eigenvalue weighted by molar-refractivity contribution is 5.92. The number of amides is 1. The van der Waals surface area contributed by atoms with Gasteiger partial charge in [0, 0.05) is 23.7 Å². The molecule has 1 unspecified atom stereocenters. The standard InChI is InChI=1S/C29H32N2O2/c32-28(22-7-2-1-3-8-22)27-17-16-26(30-27)18-20-10-14-25(15-11-20)31-29(33)24-13-12-21-6-4-5-9-23(21)19-24/h1-11,14-15,24,26-28,30,32H,12-13,16-19H2,(H,31,33)/t24?,26-,27+,28+/m0/s1. The van der Waals surface area contributed by atoms with Gasteiger partial charge in [0.25, 0.3) is 0 Å². The molecule has 4 heteroatoms. The third kappa shape index (κ3) is 5.18. The van der Waals surface area contributed by atoms with E-state index in [-0.39, 0.29) is 17.9 Å². The van der Waals surface area contributed by atoms with Crippen LogP contribution in [0.15, 0.2) is 78.9 Å². The number of aliphatic hydroxyl groups is 1. The number of anilines is 1. The zero-order valence-corrected chi connectivity index (χ0v) is 18.9. The molecule has 0 spiro atoms. The van der Waals surface area contributed by atoms with Crippen molar-refractivity contribution in [3.05, 3.63) is 101 Å². The first-order valence-corrected chi connectivity index (χ1v) is 12.1. The van der Waals surface area contributed by atoms with Crippen LogP contribution in [-0.4, -0.2) is 23.1 Å². The monoisotopic (exact) mass is 440 g/mol. The fourth-order valence-corrected chi connectivity index (χ4v) is 5.32. The number of aryl methyl sites for hydroxylation is 1. The van der Waals surface area contributed by atoms with Crippen LogP contribution < -0.4 is 10.6 Å². The first-order valence-electron chi connectivity index (χ1n) is 12.1. The van der Waals surface area contributed by atoms with Crippen molar-refractivity contribution < 1.29 is 9.90 Å². The van der Waals surface area contributed by atoms with Gasteiger partial charge < -0.3 is 15.7 Å². The molecule has 1 aliphatic heterocycles. The van der Waals surface area contributed by atoms with Crippen molar-refractivity contribution in [1.29, 1.82) is 0 Å². The molecule has 3 aromatic rings. The number of fused-ring (bicyclic) bond motifs is 1. The van der Waals surface area contributed by atoms with Gasteiger partial charge in [0.15, 0.2) is 0 Å². The molecule has 0 bridgehead atoms. The number of nitrogens with one attached hydrogen (secondary N) is 2. The minimum atomic E-state index is -0.472. The molecule has 4 nitrogen and oxygen atoms in total. The van der Waals surface area contributed by atoms with E-state index in [1.807, 2.05) is 42.5 Å². The summed E-state index contributed by atoms with van der Waals surface area (Å²) in [6.07, 6.45) is 5.18. The molecular formula is C29H32N2O2. The first-order chi connectivity index (χ1) is 16.2. The van der Waals surface area contributed by atoms with Gasteiger partial charge in [-0.05, 0) is 72.9 Å². The van der Waals surface area contributed by atoms with E-state index in [0.29, 0.717) is 6.04 Å². The zero-order chi connectivity index (χ0) is 22.6. The Kier molecular flexibility index (Phi) is 6.56. The minimum Gasteiger partial charge on any atom is -0.387 e. The van der Waals surface area contributed by atoms with E-state index in [9.17, 15) is 9.90 Å². The lowest BCUT2D eigenvalue weighted by atomic mass is 9.83. The summed E-state index contributed by atoms with van der Waals surface area (Å²) in [5.41, 5.74) is 5.76. The van der Waals surface area contributed by atoms with E-state index >= 15 is 0 Å². The van der Waals surface area contributed by atoms with Crippen molar-refractivity contribution in [1.82, 2.24) is 5.32 Å². The average molecular weight is 441 g/mol. The van der Waals surface area contributed by atoms with E-state index < -0.39 is 6.10 Å². The summed E-state index contributed by atoms with van der Waals surface area (Å²) in [6, 6.07) is 27.0. The SMILES string of the molecule is O=C(Nc1ccc(C[C@@H]2CC[C@H]([C@H](O)c3ccccc3)N2)cc1)C1CCc2ccccc2C1. The van der Waals surface area contributed by atoms with Crippen LogP contribution in [-0.2, 0) is 24.1 Å². The van der Waals surface area contributed by atoms with Crippen LogP contribution in [0.4, 0.5) is 5.69 Å². The van der Waals surface area contributed by atoms with E-state index in [1.54, 1.807) is 0 Å². The molecule has 3 aromatic carbocycles. The Balaban J connectivity index is 1.13.